The Hall–Kier alpha value is -1.14. The Kier molecular flexibility index (Phi) is 5.58. The summed E-state index contributed by atoms with van der Waals surface area (Å²) in [7, 11) is -2.87. The lowest BCUT2D eigenvalue weighted by molar-refractivity contribution is 0.551. The predicted molar refractivity (Wildman–Crippen MR) is 86.3 cm³/mol. The first-order valence-electron chi connectivity index (χ1n) is 7.57. The number of hydrogen-bond donors (Lipinski definition) is 1. The zero-order valence-electron chi connectivity index (χ0n) is 12.9. The van der Waals surface area contributed by atoms with Crippen molar-refractivity contribution in [2.24, 2.45) is 5.92 Å². The van der Waals surface area contributed by atoms with E-state index in [1.807, 2.05) is 12.3 Å². The molecule has 0 unspecified atom stereocenters. The standard InChI is InChI=1S/C15H25N3O2S/c1-13(2)10-17-12-14-11-16-5-4-15(14)18-6-3-8-21(19,20)9-7-18/h4-5,11,13,17H,3,6-10,12H2,1-2H3. The van der Waals surface area contributed by atoms with Crippen molar-refractivity contribution in [2.75, 3.05) is 36.0 Å². The van der Waals surface area contributed by atoms with Gasteiger partial charge in [0, 0.05) is 43.3 Å². The lowest BCUT2D eigenvalue weighted by atomic mass is 10.2. The molecule has 0 amide bonds. The van der Waals surface area contributed by atoms with Crippen molar-refractivity contribution in [3.63, 3.8) is 0 Å². The van der Waals surface area contributed by atoms with Crippen molar-refractivity contribution >= 4 is 15.5 Å². The minimum absolute atomic E-state index is 0.244. The SMILES string of the molecule is CC(C)CNCc1cnccc1N1CCCS(=O)(=O)CC1. The third kappa shape index (κ3) is 4.97. The number of nitrogens with one attached hydrogen (secondary N) is 1. The van der Waals surface area contributed by atoms with Crippen LogP contribution in [0, 0.1) is 5.92 Å². The molecule has 2 heterocycles. The summed E-state index contributed by atoms with van der Waals surface area (Å²) in [6.07, 6.45) is 4.35. The van der Waals surface area contributed by atoms with Crippen molar-refractivity contribution in [2.45, 2.75) is 26.8 Å². The Labute approximate surface area is 127 Å². The largest absolute Gasteiger partial charge is 0.370 e. The molecule has 0 aromatic carbocycles. The summed E-state index contributed by atoms with van der Waals surface area (Å²) < 4.78 is 23.5. The minimum Gasteiger partial charge on any atom is -0.370 e. The Bertz CT molecular complexity index is 558. The van der Waals surface area contributed by atoms with Gasteiger partial charge in [0.25, 0.3) is 0 Å². The summed E-state index contributed by atoms with van der Waals surface area (Å²) in [5.74, 6) is 1.15. The average Bonchev–Trinajstić information content (AvgIpc) is 2.60. The maximum absolute atomic E-state index is 11.7. The molecule has 0 bridgehead atoms. The summed E-state index contributed by atoms with van der Waals surface area (Å²) in [6, 6.07) is 1.99. The summed E-state index contributed by atoms with van der Waals surface area (Å²) >= 11 is 0. The molecule has 0 radical (unpaired) electrons. The molecule has 0 spiro atoms. The van der Waals surface area contributed by atoms with E-state index in [1.54, 1.807) is 6.20 Å². The van der Waals surface area contributed by atoms with Crippen LogP contribution in [-0.2, 0) is 16.4 Å². The smallest absolute Gasteiger partial charge is 0.152 e. The van der Waals surface area contributed by atoms with E-state index in [4.69, 9.17) is 0 Å². The lowest BCUT2D eigenvalue weighted by Crippen LogP contribution is -2.29. The summed E-state index contributed by atoms with van der Waals surface area (Å²) in [5.41, 5.74) is 2.25. The van der Waals surface area contributed by atoms with Gasteiger partial charge in [-0.15, -0.1) is 0 Å². The molecule has 1 aliphatic heterocycles. The molecule has 1 fully saturated rings. The van der Waals surface area contributed by atoms with Crippen LogP contribution in [0.2, 0.25) is 0 Å². The highest BCUT2D eigenvalue weighted by molar-refractivity contribution is 7.91. The van der Waals surface area contributed by atoms with E-state index in [2.05, 4.69) is 29.0 Å². The summed E-state index contributed by atoms with van der Waals surface area (Å²) in [5, 5.41) is 3.43. The van der Waals surface area contributed by atoms with Crippen molar-refractivity contribution in [1.29, 1.82) is 0 Å². The molecule has 1 aliphatic rings. The van der Waals surface area contributed by atoms with Crippen molar-refractivity contribution in [3.8, 4) is 0 Å². The molecular weight excluding hydrogens is 286 g/mol. The third-order valence-corrected chi connectivity index (χ3v) is 5.36. The number of hydrogen-bond acceptors (Lipinski definition) is 5. The zero-order chi connectivity index (χ0) is 15.3. The van der Waals surface area contributed by atoms with Gasteiger partial charge in [-0.1, -0.05) is 13.8 Å². The van der Waals surface area contributed by atoms with Gasteiger partial charge < -0.3 is 10.2 Å². The van der Waals surface area contributed by atoms with E-state index in [1.165, 1.54) is 0 Å². The van der Waals surface area contributed by atoms with Gasteiger partial charge in [0.1, 0.15) is 0 Å². The third-order valence-electron chi connectivity index (χ3n) is 3.64. The number of aromatic nitrogens is 1. The quantitative estimate of drug-likeness (QED) is 0.892. The Morgan fingerprint density at radius 1 is 1.33 bits per heavy atom. The van der Waals surface area contributed by atoms with Crippen LogP contribution in [0.15, 0.2) is 18.5 Å². The van der Waals surface area contributed by atoms with E-state index in [9.17, 15) is 8.42 Å². The Morgan fingerprint density at radius 3 is 2.90 bits per heavy atom. The van der Waals surface area contributed by atoms with Crippen LogP contribution in [0.1, 0.15) is 25.8 Å². The van der Waals surface area contributed by atoms with E-state index in [0.29, 0.717) is 24.6 Å². The summed E-state index contributed by atoms with van der Waals surface area (Å²) in [6.45, 7) is 7.45. The number of anilines is 1. The van der Waals surface area contributed by atoms with Gasteiger partial charge in [0.15, 0.2) is 9.84 Å². The molecule has 118 valence electrons. The first-order valence-corrected chi connectivity index (χ1v) is 9.39. The van der Waals surface area contributed by atoms with E-state index in [0.717, 1.165) is 30.9 Å². The minimum atomic E-state index is -2.87. The fraction of sp³-hybridized carbons (Fsp3) is 0.667. The first-order chi connectivity index (χ1) is 9.98. The van der Waals surface area contributed by atoms with Crippen molar-refractivity contribution in [1.82, 2.24) is 10.3 Å². The topological polar surface area (TPSA) is 62.3 Å². The van der Waals surface area contributed by atoms with Gasteiger partial charge in [-0.3, -0.25) is 4.98 Å². The first kappa shape index (κ1) is 16.2. The number of pyridine rings is 1. The monoisotopic (exact) mass is 311 g/mol. The van der Waals surface area contributed by atoms with E-state index >= 15 is 0 Å². The van der Waals surface area contributed by atoms with Crippen LogP contribution in [0.5, 0.6) is 0 Å². The van der Waals surface area contributed by atoms with Gasteiger partial charge in [0.05, 0.1) is 11.5 Å². The number of sulfone groups is 1. The van der Waals surface area contributed by atoms with Crippen LogP contribution in [0.25, 0.3) is 0 Å². The molecule has 1 aromatic heterocycles. The fourth-order valence-electron chi connectivity index (χ4n) is 2.54. The molecule has 1 aromatic rings. The maximum Gasteiger partial charge on any atom is 0.152 e. The average molecular weight is 311 g/mol. The second-order valence-corrected chi connectivity index (χ2v) is 8.33. The van der Waals surface area contributed by atoms with Gasteiger partial charge in [-0.05, 0) is 24.9 Å². The van der Waals surface area contributed by atoms with Crippen molar-refractivity contribution in [3.05, 3.63) is 24.0 Å². The van der Waals surface area contributed by atoms with E-state index < -0.39 is 9.84 Å². The number of rotatable bonds is 5. The van der Waals surface area contributed by atoms with E-state index in [-0.39, 0.29) is 5.75 Å². The predicted octanol–water partition coefficient (Wildman–Crippen LogP) is 1.45. The highest BCUT2D eigenvalue weighted by Gasteiger charge is 2.20. The van der Waals surface area contributed by atoms with Gasteiger partial charge in [-0.25, -0.2) is 8.42 Å². The Balaban J connectivity index is 2.08. The molecule has 1 N–H and O–H groups in total. The molecule has 0 atom stereocenters. The van der Waals surface area contributed by atoms with Crippen LogP contribution in [0.4, 0.5) is 5.69 Å². The molecule has 0 aliphatic carbocycles. The van der Waals surface area contributed by atoms with Crippen LogP contribution in [0.3, 0.4) is 0 Å². The zero-order valence-corrected chi connectivity index (χ0v) is 13.7. The molecule has 6 heteroatoms. The maximum atomic E-state index is 11.7. The van der Waals surface area contributed by atoms with Crippen LogP contribution >= 0.6 is 0 Å². The fourth-order valence-corrected chi connectivity index (χ4v) is 3.81. The Morgan fingerprint density at radius 2 is 2.14 bits per heavy atom. The van der Waals surface area contributed by atoms with Gasteiger partial charge in [-0.2, -0.15) is 0 Å². The lowest BCUT2D eigenvalue weighted by Gasteiger charge is -2.25. The molecular formula is C15H25N3O2S. The normalized spacial score (nSPS) is 18.7. The highest BCUT2D eigenvalue weighted by Crippen LogP contribution is 2.21. The highest BCUT2D eigenvalue weighted by atomic mass is 32.2. The molecule has 0 saturated carbocycles. The molecule has 5 nitrogen and oxygen atoms in total. The van der Waals surface area contributed by atoms with Crippen LogP contribution < -0.4 is 10.2 Å². The molecule has 1 saturated heterocycles. The van der Waals surface area contributed by atoms with Crippen LogP contribution in [-0.4, -0.2) is 44.5 Å². The van der Waals surface area contributed by atoms with Gasteiger partial charge in [0.2, 0.25) is 0 Å². The second-order valence-electron chi connectivity index (χ2n) is 6.02. The number of nitrogens with zero attached hydrogens (tertiary/aromatic N) is 2. The molecule has 21 heavy (non-hydrogen) atoms. The summed E-state index contributed by atoms with van der Waals surface area (Å²) in [4.78, 5) is 6.38. The van der Waals surface area contributed by atoms with Crippen molar-refractivity contribution < 1.29 is 8.42 Å². The van der Waals surface area contributed by atoms with Gasteiger partial charge >= 0.3 is 0 Å². The second kappa shape index (κ2) is 7.22. The molecule has 2 rings (SSSR count).